The third kappa shape index (κ3) is 4.91. The summed E-state index contributed by atoms with van der Waals surface area (Å²) in [6, 6.07) is 16.5. The van der Waals surface area contributed by atoms with Crippen molar-refractivity contribution in [3.05, 3.63) is 65.7 Å². The largest absolute Gasteiger partial charge is 0.497 e. The van der Waals surface area contributed by atoms with Gasteiger partial charge in [0.15, 0.2) is 5.78 Å². The van der Waals surface area contributed by atoms with Crippen LogP contribution in [0.1, 0.15) is 35.4 Å². The first-order chi connectivity index (χ1) is 11.1. The van der Waals surface area contributed by atoms with Crippen molar-refractivity contribution in [3.63, 3.8) is 0 Å². The summed E-state index contributed by atoms with van der Waals surface area (Å²) in [5.41, 5.74) is 1.51. The molecule has 0 amide bonds. The van der Waals surface area contributed by atoms with Gasteiger partial charge < -0.3 is 15.2 Å². The minimum Gasteiger partial charge on any atom is -0.497 e. The second kappa shape index (κ2) is 8.46. The van der Waals surface area contributed by atoms with Crippen LogP contribution in [0.2, 0.25) is 0 Å². The number of rotatable bonds is 8. The fraction of sp³-hybridized carbons (Fsp3) is 0.316. The van der Waals surface area contributed by atoms with Crippen molar-refractivity contribution in [1.29, 1.82) is 0 Å². The van der Waals surface area contributed by atoms with E-state index in [2.05, 4.69) is 5.32 Å². The molecule has 0 radical (unpaired) electrons. The number of nitrogens with one attached hydrogen (secondary N) is 1. The number of aliphatic hydroxyl groups is 1. The summed E-state index contributed by atoms with van der Waals surface area (Å²) < 4.78 is 5.13. The zero-order valence-electron chi connectivity index (χ0n) is 13.5. The van der Waals surface area contributed by atoms with E-state index in [9.17, 15) is 9.90 Å². The Hall–Kier alpha value is -2.17. The molecular weight excluding hydrogens is 290 g/mol. The van der Waals surface area contributed by atoms with Crippen LogP contribution >= 0.6 is 0 Å². The molecule has 23 heavy (non-hydrogen) atoms. The van der Waals surface area contributed by atoms with Gasteiger partial charge in [-0.1, -0.05) is 42.5 Å². The van der Waals surface area contributed by atoms with Gasteiger partial charge in [0, 0.05) is 24.6 Å². The maximum atomic E-state index is 12.2. The van der Waals surface area contributed by atoms with Crippen molar-refractivity contribution in [2.45, 2.75) is 25.5 Å². The molecule has 0 spiro atoms. The second-order valence-electron chi connectivity index (χ2n) is 5.50. The zero-order valence-corrected chi connectivity index (χ0v) is 13.5. The van der Waals surface area contributed by atoms with Gasteiger partial charge in [0.05, 0.1) is 13.2 Å². The first-order valence-electron chi connectivity index (χ1n) is 7.75. The third-order valence-electron chi connectivity index (χ3n) is 3.82. The number of carbonyl (C=O) groups is 1. The van der Waals surface area contributed by atoms with Crippen molar-refractivity contribution in [1.82, 2.24) is 5.32 Å². The van der Waals surface area contributed by atoms with Crippen molar-refractivity contribution >= 4 is 5.78 Å². The summed E-state index contributed by atoms with van der Waals surface area (Å²) in [6.07, 6.45) is -0.220. The van der Waals surface area contributed by atoms with Crippen LogP contribution in [0.25, 0.3) is 0 Å². The number of methoxy groups -OCH3 is 1. The molecule has 2 atom stereocenters. The van der Waals surface area contributed by atoms with Gasteiger partial charge in [0.25, 0.3) is 0 Å². The molecule has 0 heterocycles. The fourth-order valence-electron chi connectivity index (χ4n) is 2.40. The van der Waals surface area contributed by atoms with Crippen LogP contribution in [0, 0.1) is 0 Å². The van der Waals surface area contributed by atoms with E-state index < -0.39 is 6.10 Å². The van der Waals surface area contributed by atoms with E-state index in [4.69, 9.17) is 4.74 Å². The number of hydrogen-bond acceptors (Lipinski definition) is 4. The van der Waals surface area contributed by atoms with Crippen LogP contribution in [0.15, 0.2) is 54.6 Å². The number of hydrogen-bond donors (Lipinski definition) is 2. The van der Waals surface area contributed by atoms with E-state index in [0.29, 0.717) is 24.3 Å². The number of aliphatic hydroxyl groups excluding tert-OH is 1. The summed E-state index contributed by atoms with van der Waals surface area (Å²) in [7, 11) is 1.58. The van der Waals surface area contributed by atoms with Gasteiger partial charge in [-0.3, -0.25) is 4.79 Å². The molecule has 0 saturated carbocycles. The predicted octanol–water partition coefficient (Wildman–Crippen LogP) is 2.98. The highest BCUT2D eigenvalue weighted by molar-refractivity contribution is 5.96. The molecule has 0 bridgehead atoms. The molecule has 0 saturated heterocycles. The SMILES string of the molecule is COc1cccc(C(=O)CCN[C@H](C)[C@@H](O)c2ccccc2)c1. The Morgan fingerprint density at radius 2 is 1.91 bits per heavy atom. The van der Waals surface area contributed by atoms with Gasteiger partial charge in [-0.05, 0) is 24.6 Å². The lowest BCUT2D eigenvalue weighted by molar-refractivity contribution is 0.0972. The molecule has 0 aliphatic carbocycles. The number of carbonyl (C=O) groups excluding carboxylic acids is 1. The summed E-state index contributed by atoms with van der Waals surface area (Å²) in [4.78, 5) is 12.2. The molecule has 2 aromatic rings. The lowest BCUT2D eigenvalue weighted by atomic mass is 10.0. The molecule has 122 valence electrons. The average Bonchev–Trinajstić information content (AvgIpc) is 2.61. The molecule has 0 unspecified atom stereocenters. The maximum absolute atomic E-state index is 12.2. The summed E-state index contributed by atoms with van der Waals surface area (Å²) in [6.45, 7) is 2.43. The molecule has 0 aliphatic heterocycles. The summed E-state index contributed by atoms with van der Waals surface area (Å²) in [5.74, 6) is 0.731. The molecule has 2 aromatic carbocycles. The van der Waals surface area contributed by atoms with Crippen LogP contribution in [0.3, 0.4) is 0 Å². The van der Waals surface area contributed by atoms with Crippen LogP contribution in [-0.2, 0) is 0 Å². The molecule has 4 heteroatoms. The van der Waals surface area contributed by atoms with E-state index in [-0.39, 0.29) is 11.8 Å². The minimum absolute atomic E-state index is 0.0535. The maximum Gasteiger partial charge on any atom is 0.164 e. The molecule has 0 fully saturated rings. The highest BCUT2D eigenvalue weighted by Crippen LogP contribution is 2.16. The van der Waals surface area contributed by atoms with Crippen molar-refractivity contribution < 1.29 is 14.6 Å². The Morgan fingerprint density at radius 1 is 1.17 bits per heavy atom. The van der Waals surface area contributed by atoms with Crippen molar-refractivity contribution in [2.24, 2.45) is 0 Å². The lowest BCUT2D eigenvalue weighted by Gasteiger charge is -2.20. The van der Waals surface area contributed by atoms with Crippen LogP contribution in [0.4, 0.5) is 0 Å². The van der Waals surface area contributed by atoms with E-state index in [1.807, 2.05) is 43.3 Å². The van der Waals surface area contributed by atoms with Gasteiger partial charge in [-0.25, -0.2) is 0 Å². The Balaban J connectivity index is 1.83. The van der Waals surface area contributed by atoms with E-state index >= 15 is 0 Å². The zero-order chi connectivity index (χ0) is 16.7. The number of ketones is 1. The Labute approximate surface area is 137 Å². The highest BCUT2D eigenvalue weighted by Gasteiger charge is 2.16. The quantitative estimate of drug-likeness (QED) is 0.736. The smallest absolute Gasteiger partial charge is 0.164 e. The number of Topliss-reactive ketones (excluding diaryl/α,β-unsaturated/α-hetero) is 1. The monoisotopic (exact) mass is 313 g/mol. The molecular formula is C19H23NO3. The topological polar surface area (TPSA) is 58.6 Å². The van der Waals surface area contributed by atoms with Crippen molar-refractivity contribution in [2.75, 3.05) is 13.7 Å². The van der Waals surface area contributed by atoms with Gasteiger partial charge in [0.2, 0.25) is 0 Å². The van der Waals surface area contributed by atoms with E-state index in [1.165, 1.54) is 0 Å². The van der Waals surface area contributed by atoms with Gasteiger partial charge in [-0.2, -0.15) is 0 Å². The van der Waals surface area contributed by atoms with Crippen LogP contribution < -0.4 is 10.1 Å². The average molecular weight is 313 g/mol. The molecule has 0 aromatic heterocycles. The first kappa shape index (κ1) is 17.2. The van der Waals surface area contributed by atoms with Gasteiger partial charge >= 0.3 is 0 Å². The normalized spacial score (nSPS) is 13.3. The molecule has 2 N–H and O–H groups in total. The standard InChI is InChI=1S/C19H23NO3/c1-14(19(22)15-7-4-3-5-8-15)20-12-11-18(21)16-9-6-10-17(13-16)23-2/h3-10,13-14,19-20,22H,11-12H2,1-2H3/t14-,19-/m1/s1. The van der Waals surface area contributed by atoms with Gasteiger partial charge in [0.1, 0.15) is 5.75 Å². The third-order valence-corrected chi connectivity index (χ3v) is 3.82. The Morgan fingerprint density at radius 3 is 2.61 bits per heavy atom. The van der Waals surface area contributed by atoms with Crippen LogP contribution in [0.5, 0.6) is 5.75 Å². The summed E-state index contributed by atoms with van der Waals surface area (Å²) >= 11 is 0. The number of ether oxygens (including phenoxy) is 1. The van der Waals surface area contributed by atoms with Crippen molar-refractivity contribution in [3.8, 4) is 5.75 Å². The lowest BCUT2D eigenvalue weighted by Crippen LogP contribution is -2.33. The predicted molar refractivity (Wildman–Crippen MR) is 90.8 cm³/mol. The number of benzene rings is 2. The Kier molecular flexibility index (Phi) is 6.32. The second-order valence-corrected chi connectivity index (χ2v) is 5.50. The van der Waals surface area contributed by atoms with E-state index in [0.717, 1.165) is 5.56 Å². The van der Waals surface area contributed by atoms with Gasteiger partial charge in [-0.15, -0.1) is 0 Å². The highest BCUT2D eigenvalue weighted by atomic mass is 16.5. The van der Waals surface area contributed by atoms with E-state index in [1.54, 1.807) is 25.3 Å². The minimum atomic E-state index is -0.594. The Bertz CT molecular complexity index is 628. The van der Waals surface area contributed by atoms with Crippen LogP contribution in [-0.4, -0.2) is 30.6 Å². The molecule has 0 aliphatic rings. The fourth-order valence-corrected chi connectivity index (χ4v) is 2.40. The first-order valence-corrected chi connectivity index (χ1v) is 7.75. The molecule has 2 rings (SSSR count). The molecule has 4 nitrogen and oxygen atoms in total. The summed E-state index contributed by atoms with van der Waals surface area (Å²) in [5, 5.41) is 13.5.